The van der Waals surface area contributed by atoms with Crippen LogP contribution in [0, 0.1) is 12.7 Å². The molecule has 1 aromatic heterocycles. The molecule has 1 aromatic carbocycles. The third-order valence-electron chi connectivity index (χ3n) is 2.49. The molecule has 0 N–H and O–H groups in total. The summed E-state index contributed by atoms with van der Waals surface area (Å²) >= 11 is 0. The fraction of sp³-hybridized carbons (Fsp3) is 0.231. The molecule has 0 bridgehead atoms. The molecule has 2 aromatic rings. The van der Waals surface area contributed by atoms with E-state index in [0.29, 0.717) is 18.1 Å². The number of hydrogen-bond acceptors (Lipinski definition) is 4. The minimum absolute atomic E-state index is 0.265. The van der Waals surface area contributed by atoms with Crippen molar-refractivity contribution in [3.63, 3.8) is 0 Å². The first-order chi connectivity index (χ1) is 8.66. The van der Waals surface area contributed by atoms with Crippen LogP contribution < -0.4 is 0 Å². The molecule has 0 atom stereocenters. The summed E-state index contributed by atoms with van der Waals surface area (Å²) in [7, 11) is 0. The lowest BCUT2D eigenvalue weighted by atomic mass is 10.2. The molecule has 0 unspecified atom stereocenters. The lowest BCUT2D eigenvalue weighted by Gasteiger charge is -2.01. The Bertz CT molecular complexity index is 546. The van der Waals surface area contributed by atoms with E-state index in [0.717, 1.165) is 11.1 Å². The zero-order chi connectivity index (χ0) is 13.0. The Morgan fingerprint density at radius 1 is 1.39 bits per heavy atom. The summed E-state index contributed by atoms with van der Waals surface area (Å²) in [5, 5.41) is 7.63. The van der Waals surface area contributed by atoms with Crippen LogP contribution in [0.3, 0.4) is 0 Å². The molecule has 0 aliphatic carbocycles. The lowest BCUT2D eigenvalue weighted by molar-refractivity contribution is 0.130. The first kappa shape index (κ1) is 12.3. The van der Waals surface area contributed by atoms with Gasteiger partial charge in [0.2, 0.25) is 0 Å². The quantitative estimate of drug-likeness (QED) is 0.617. The second kappa shape index (κ2) is 5.44. The van der Waals surface area contributed by atoms with E-state index in [9.17, 15) is 4.39 Å². The molecule has 0 spiro atoms. The minimum atomic E-state index is -0.265. The van der Waals surface area contributed by atoms with Gasteiger partial charge in [0.1, 0.15) is 18.2 Å². The van der Waals surface area contributed by atoms with Crippen LogP contribution in [0.15, 0.2) is 40.1 Å². The lowest BCUT2D eigenvalue weighted by Crippen LogP contribution is -1.97. The predicted molar refractivity (Wildman–Crippen MR) is 64.6 cm³/mol. The highest BCUT2D eigenvalue weighted by Crippen LogP contribution is 2.09. The number of halogens is 1. The summed E-state index contributed by atoms with van der Waals surface area (Å²) < 4.78 is 17.6. The van der Waals surface area contributed by atoms with Crippen LogP contribution in [-0.2, 0) is 11.4 Å². The van der Waals surface area contributed by atoms with E-state index < -0.39 is 0 Å². The van der Waals surface area contributed by atoms with Gasteiger partial charge in [0.15, 0.2) is 0 Å². The Morgan fingerprint density at radius 2 is 2.11 bits per heavy atom. The monoisotopic (exact) mass is 248 g/mol. The van der Waals surface area contributed by atoms with E-state index in [2.05, 4.69) is 10.3 Å². The van der Waals surface area contributed by atoms with Gasteiger partial charge in [0, 0.05) is 0 Å². The standard InChI is InChI=1S/C13H13FN2O2/c1-9(13-7-15-18-10(13)2)16-17-8-11-3-5-12(14)6-4-11/h3-7H,8H2,1-2H3/b16-9-. The molecular weight excluding hydrogens is 235 g/mol. The summed E-state index contributed by atoms with van der Waals surface area (Å²) in [6.07, 6.45) is 1.59. The molecule has 1 heterocycles. The number of rotatable bonds is 4. The Hall–Kier alpha value is -2.17. The normalized spacial score (nSPS) is 11.6. The zero-order valence-corrected chi connectivity index (χ0v) is 10.2. The van der Waals surface area contributed by atoms with Gasteiger partial charge >= 0.3 is 0 Å². The highest BCUT2D eigenvalue weighted by Gasteiger charge is 2.06. The average molecular weight is 248 g/mol. The molecule has 18 heavy (non-hydrogen) atoms. The molecule has 5 heteroatoms. The van der Waals surface area contributed by atoms with Gasteiger partial charge < -0.3 is 9.36 Å². The van der Waals surface area contributed by atoms with Crippen molar-refractivity contribution in [2.24, 2.45) is 5.16 Å². The van der Waals surface area contributed by atoms with E-state index >= 15 is 0 Å². The molecule has 0 fully saturated rings. The molecule has 0 radical (unpaired) electrons. The molecule has 94 valence electrons. The van der Waals surface area contributed by atoms with Crippen LogP contribution >= 0.6 is 0 Å². The predicted octanol–water partition coefficient (Wildman–Crippen LogP) is 3.06. The topological polar surface area (TPSA) is 47.6 Å². The Kier molecular flexibility index (Phi) is 3.72. The van der Waals surface area contributed by atoms with Gasteiger partial charge in [-0.15, -0.1) is 0 Å². The van der Waals surface area contributed by atoms with Crippen molar-refractivity contribution < 1.29 is 13.8 Å². The molecule has 0 saturated carbocycles. The summed E-state index contributed by atoms with van der Waals surface area (Å²) in [4.78, 5) is 5.20. The number of benzene rings is 1. The highest BCUT2D eigenvalue weighted by molar-refractivity contribution is 5.98. The van der Waals surface area contributed by atoms with Crippen molar-refractivity contribution >= 4 is 5.71 Å². The largest absolute Gasteiger partial charge is 0.391 e. The molecule has 0 amide bonds. The van der Waals surface area contributed by atoms with Gasteiger partial charge in [-0.25, -0.2) is 4.39 Å². The van der Waals surface area contributed by atoms with Crippen LogP contribution in [0.4, 0.5) is 4.39 Å². The smallest absolute Gasteiger partial charge is 0.142 e. The third kappa shape index (κ3) is 2.94. The average Bonchev–Trinajstić information content (AvgIpc) is 2.78. The van der Waals surface area contributed by atoms with E-state index in [-0.39, 0.29) is 5.82 Å². The van der Waals surface area contributed by atoms with E-state index in [1.807, 2.05) is 6.92 Å². The maximum atomic E-state index is 12.7. The van der Waals surface area contributed by atoms with Crippen LogP contribution in [-0.4, -0.2) is 10.9 Å². The number of aryl methyl sites for hydroxylation is 1. The highest BCUT2D eigenvalue weighted by atomic mass is 19.1. The van der Waals surface area contributed by atoms with Gasteiger partial charge in [0.25, 0.3) is 0 Å². The molecule has 4 nitrogen and oxygen atoms in total. The Morgan fingerprint density at radius 3 is 2.72 bits per heavy atom. The van der Waals surface area contributed by atoms with E-state index in [1.54, 1.807) is 25.3 Å². The summed E-state index contributed by atoms with van der Waals surface area (Å²) in [6, 6.07) is 6.09. The fourth-order valence-corrected chi connectivity index (χ4v) is 1.48. The molecule has 0 aliphatic heterocycles. The summed E-state index contributed by atoms with van der Waals surface area (Å²) in [5.74, 6) is 0.431. The first-order valence-electron chi connectivity index (χ1n) is 5.49. The van der Waals surface area contributed by atoms with Gasteiger partial charge in [-0.3, -0.25) is 0 Å². The van der Waals surface area contributed by atoms with Gasteiger partial charge in [-0.05, 0) is 31.5 Å². The maximum Gasteiger partial charge on any atom is 0.142 e. The van der Waals surface area contributed by atoms with Crippen molar-refractivity contribution in [3.8, 4) is 0 Å². The first-order valence-corrected chi connectivity index (χ1v) is 5.49. The van der Waals surface area contributed by atoms with Crippen LogP contribution in [0.1, 0.15) is 23.8 Å². The van der Waals surface area contributed by atoms with Gasteiger partial charge in [0.05, 0.1) is 17.5 Å². The van der Waals surface area contributed by atoms with Crippen molar-refractivity contribution in [1.29, 1.82) is 0 Å². The number of hydrogen-bond donors (Lipinski definition) is 0. The third-order valence-corrected chi connectivity index (χ3v) is 2.49. The molecule has 0 saturated heterocycles. The van der Waals surface area contributed by atoms with Crippen molar-refractivity contribution in [3.05, 3.63) is 53.2 Å². The minimum Gasteiger partial charge on any atom is -0.391 e. The second-order valence-electron chi connectivity index (χ2n) is 3.87. The summed E-state index contributed by atoms with van der Waals surface area (Å²) in [5.41, 5.74) is 2.36. The van der Waals surface area contributed by atoms with E-state index in [1.165, 1.54) is 12.1 Å². The van der Waals surface area contributed by atoms with E-state index in [4.69, 9.17) is 9.36 Å². The molecular formula is C13H13FN2O2. The zero-order valence-electron chi connectivity index (χ0n) is 10.2. The number of nitrogens with zero attached hydrogens (tertiary/aromatic N) is 2. The molecule has 2 rings (SSSR count). The SMILES string of the molecule is C/C(=N/OCc1ccc(F)cc1)c1cnoc1C. The van der Waals surface area contributed by atoms with Gasteiger partial charge in [-0.1, -0.05) is 22.4 Å². The summed E-state index contributed by atoms with van der Waals surface area (Å²) in [6.45, 7) is 3.91. The number of aromatic nitrogens is 1. The van der Waals surface area contributed by atoms with Crippen molar-refractivity contribution in [1.82, 2.24) is 5.16 Å². The van der Waals surface area contributed by atoms with Gasteiger partial charge in [-0.2, -0.15) is 0 Å². The van der Waals surface area contributed by atoms with Crippen LogP contribution in [0.25, 0.3) is 0 Å². The Balaban J connectivity index is 1.95. The fourth-order valence-electron chi connectivity index (χ4n) is 1.48. The second-order valence-corrected chi connectivity index (χ2v) is 3.87. The van der Waals surface area contributed by atoms with Crippen LogP contribution in [0.2, 0.25) is 0 Å². The Labute approximate surface area is 104 Å². The van der Waals surface area contributed by atoms with Crippen LogP contribution in [0.5, 0.6) is 0 Å². The maximum absolute atomic E-state index is 12.7. The molecule has 0 aliphatic rings. The number of oxime groups is 1. The van der Waals surface area contributed by atoms with Crippen molar-refractivity contribution in [2.75, 3.05) is 0 Å². The van der Waals surface area contributed by atoms with Crippen molar-refractivity contribution in [2.45, 2.75) is 20.5 Å².